The molecule has 0 spiro atoms. The van der Waals surface area contributed by atoms with Crippen LogP contribution in [0, 0.1) is 6.92 Å². The zero-order chi connectivity index (χ0) is 13.1. The fourth-order valence-electron chi connectivity index (χ4n) is 1.67. The summed E-state index contributed by atoms with van der Waals surface area (Å²) < 4.78 is 1.11. The third-order valence-corrected chi connectivity index (χ3v) is 5.20. The monoisotopic (exact) mass is 343 g/mol. The quantitative estimate of drug-likeness (QED) is 0.758. The number of carbonyl (C=O) groups excluding carboxylic acids is 1. The number of rotatable bonds is 5. The molecule has 2 rings (SSSR count). The first kappa shape index (κ1) is 13.9. The van der Waals surface area contributed by atoms with Crippen molar-refractivity contribution in [2.45, 2.75) is 13.5 Å². The number of likely N-dealkylation sites (N-methyl/N-ethyl adjacent to an activating group) is 1. The molecule has 0 aliphatic carbocycles. The van der Waals surface area contributed by atoms with Crippen molar-refractivity contribution in [2.24, 2.45) is 0 Å². The van der Waals surface area contributed by atoms with E-state index >= 15 is 0 Å². The van der Waals surface area contributed by atoms with Gasteiger partial charge in [-0.05, 0) is 48.1 Å². The van der Waals surface area contributed by atoms with E-state index in [1.165, 1.54) is 9.75 Å². The van der Waals surface area contributed by atoms with Crippen molar-refractivity contribution in [3.8, 4) is 0 Å². The molecule has 2 nitrogen and oxygen atoms in total. The fourth-order valence-corrected chi connectivity index (χ4v) is 3.99. The van der Waals surface area contributed by atoms with Crippen LogP contribution in [-0.4, -0.2) is 24.3 Å². The highest BCUT2D eigenvalue weighted by Gasteiger charge is 2.12. The first-order chi connectivity index (χ1) is 8.54. The minimum absolute atomic E-state index is 0.200. The van der Waals surface area contributed by atoms with Gasteiger partial charge in [0.05, 0.1) is 11.4 Å². The molecule has 0 saturated heterocycles. The normalized spacial score (nSPS) is 11.1. The van der Waals surface area contributed by atoms with E-state index in [1.54, 1.807) is 22.7 Å². The van der Waals surface area contributed by atoms with Crippen molar-refractivity contribution in [3.05, 3.63) is 42.7 Å². The molecule has 0 fully saturated rings. The summed E-state index contributed by atoms with van der Waals surface area (Å²) in [6, 6.07) is 6.01. The summed E-state index contributed by atoms with van der Waals surface area (Å²) in [5.74, 6) is 0.200. The van der Waals surface area contributed by atoms with Gasteiger partial charge in [-0.2, -0.15) is 0 Å². The minimum Gasteiger partial charge on any atom is -0.294 e. The molecule has 5 heteroatoms. The number of thiophene rings is 2. The molecule has 0 aromatic carbocycles. The van der Waals surface area contributed by atoms with E-state index in [0.717, 1.165) is 15.9 Å². The standard InChI is InChI=1S/C13H14BrNOS2/c1-9-3-4-13(18-9)12(16)7-15(2)6-11-5-10(14)8-17-11/h3-5,8H,6-7H2,1-2H3. The maximum atomic E-state index is 12.0. The Morgan fingerprint density at radius 2 is 2.22 bits per heavy atom. The lowest BCUT2D eigenvalue weighted by Gasteiger charge is -2.13. The molecule has 0 atom stereocenters. The number of hydrogen-bond donors (Lipinski definition) is 0. The Hall–Kier alpha value is -0.490. The maximum absolute atomic E-state index is 12.0. The van der Waals surface area contributed by atoms with E-state index in [9.17, 15) is 4.79 Å². The molecule has 2 aromatic heterocycles. The van der Waals surface area contributed by atoms with Crippen LogP contribution in [0.3, 0.4) is 0 Å². The molecule has 2 aromatic rings. The summed E-state index contributed by atoms with van der Waals surface area (Å²) >= 11 is 6.71. The third-order valence-electron chi connectivity index (χ3n) is 2.48. The third kappa shape index (κ3) is 3.75. The molecule has 0 aliphatic heterocycles. The van der Waals surface area contributed by atoms with E-state index in [4.69, 9.17) is 0 Å². The van der Waals surface area contributed by atoms with Gasteiger partial charge in [-0.1, -0.05) is 0 Å². The van der Waals surface area contributed by atoms with Crippen LogP contribution < -0.4 is 0 Å². The highest BCUT2D eigenvalue weighted by molar-refractivity contribution is 9.10. The Morgan fingerprint density at radius 3 is 2.78 bits per heavy atom. The maximum Gasteiger partial charge on any atom is 0.186 e. The molecule has 0 N–H and O–H groups in total. The van der Waals surface area contributed by atoms with Crippen LogP contribution in [0.1, 0.15) is 19.4 Å². The number of ketones is 1. The van der Waals surface area contributed by atoms with E-state index in [-0.39, 0.29) is 5.78 Å². The zero-order valence-corrected chi connectivity index (χ0v) is 13.5. The summed E-state index contributed by atoms with van der Waals surface area (Å²) in [6.07, 6.45) is 0. The van der Waals surface area contributed by atoms with Gasteiger partial charge in [-0.3, -0.25) is 9.69 Å². The van der Waals surface area contributed by atoms with Gasteiger partial charge in [-0.25, -0.2) is 0 Å². The van der Waals surface area contributed by atoms with Crippen LogP contribution in [0.4, 0.5) is 0 Å². The smallest absolute Gasteiger partial charge is 0.186 e. The number of aryl methyl sites for hydroxylation is 1. The minimum atomic E-state index is 0.200. The molecule has 96 valence electrons. The molecular formula is C13H14BrNOS2. The van der Waals surface area contributed by atoms with E-state index in [1.807, 2.05) is 26.1 Å². The Balaban J connectivity index is 1.91. The summed E-state index contributed by atoms with van der Waals surface area (Å²) in [5.41, 5.74) is 0. The van der Waals surface area contributed by atoms with E-state index in [2.05, 4.69) is 32.3 Å². The number of halogens is 1. The summed E-state index contributed by atoms with van der Waals surface area (Å²) in [7, 11) is 1.98. The molecule has 0 bridgehead atoms. The Kier molecular flexibility index (Phi) is 4.72. The van der Waals surface area contributed by atoms with Crippen LogP contribution in [0.25, 0.3) is 0 Å². The second-order valence-corrected chi connectivity index (χ2v) is 7.44. The van der Waals surface area contributed by atoms with Crippen molar-refractivity contribution < 1.29 is 4.79 Å². The first-order valence-electron chi connectivity index (χ1n) is 5.55. The second-order valence-electron chi connectivity index (χ2n) is 4.24. The lowest BCUT2D eigenvalue weighted by Crippen LogP contribution is -2.24. The van der Waals surface area contributed by atoms with Crippen molar-refractivity contribution in [2.75, 3.05) is 13.6 Å². The Morgan fingerprint density at radius 1 is 1.44 bits per heavy atom. The van der Waals surface area contributed by atoms with Crippen LogP contribution in [0.2, 0.25) is 0 Å². The van der Waals surface area contributed by atoms with Gasteiger partial charge in [-0.15, -0.1) is 22.7 Å². The number of hydrogen-bond acceptors (Lipinski definition) is 4. The highest BCUT2D eigenvalue weighted by Crippen LogP contribution is 2.21. The molecule has 0 saturated carbocycles. The largest absolute Gasteiger partial charge is 0.294 e. The highest BCUT2D eigenvalue weighted by atomic mass is 79.9. The summed E-state index contributed by atoms with van der Waals surface area (Å²) in [4.78, 5) is 17.4. The predicted octanol–water partition coefficient (Wildman–Crippen LogP) is 4.20. The lowest BCUT2D eigenvalue weighted by atomic mass is 10.3. The van der Waals surface area contributed by atoms with Crippen molar-refractivity contribution in [1.82, 2.24) is 4.90 Å². The van der Waals surface area contributed by atoms with Crippen molar-refractivity contribution in [1.29, 1.82) is 0 Å². The molecule has 0 unspecified atom stereocenters. The van der Waals surface area contributed by atoms with Crippen LogP contribution in [-0.2, 0) is 6.54 Å². The Bertz CT molecular complexity index is 547. The lowest BCUT2D eigenvalue weighted by molar-refractivity contribution is 0.0947. The molecule has 0 radical (unpaired) electrons. The average Bonchev–Trinajstić information content (AvgIpc) is 2.87. The van der Waals surface area contributed by atoms with Crippen LogP contribution >= 0.6 is 38.6 Å². The van der Waals surface area contributed by atoms with Gasteiger partial charge >= 0.3 is 0 Å². The van der Waals surface area contributed by atoms with E-state index < -0.39 is 0 Å². The fraction of sp³-hybridized carbons (Fsp3) is 0.308. The summed E-state index contributed by atoms with van der Waals surface area (Å²) in [5, 5.41) is 2.06. The SMILES string of the molecule is Cc1ccc(C(=O)CN(C)Cc2cc(Br)cs2)s1. The predicted molar refractivity (Wildman–Crippen MR) is 81.7 cm³/mol. The zero-order valence-electron chi connectivity index (χ0n) is 10.3. The van der Waals surface area contributed by atoms with Gasteiger partial charge in [0, 0.05) is 26.2 Å². The molecule has 0 amide bonds. The number of Topliss-reactive ketones (excluding diaryl/α,β-unsaturated/α-hetero) is 1. The van der Waals surface area contributed by atoms with E-state index in [0.29, 0.717) is 6.54 Å². The molecule has 0 aliphatic rings. The van der Waals surface area contributed by atoms with Gasteiger partial charge < -0.3 is 0 Å². The molecule has 2 heterocycles. The van der Waals surface area contributed by atoms with Crippen molar-refractivity contribution in [3.63, 3.8) is 0 Å². The van der Waals surface area contributed by atoms with Crippen LogP contribution in [0.5, 0.6) is 0 Å². The van der Waals surface area contributed by atoms with Gasteiger partial charge in [0.25, 0.3) is 0 Å². The number of carbonyl (C=O) groups is 1. The number of nitrogens with zero attached hydrogens (tertiary/aromatic N) is 1. The van der Waals surface area contributed by atoms with Gasteiger partial charge in [0.2, 0.25) is 0 Å². The van der Waals surface area contributed by atoms with Crippen molar-refractivity contribution >= 4 is 44.4 Å². The first-order valence-corrected chi connectivity index (χ1v) is 8.04. The van der Waals surface area contributed by atoms with Gasteiger partial charge in [0.15, 0.2) is 5.78 Å². The topological polar surface area (TPSA) is 20.3 Å². The molecule has 18 heavy (non-hydrogen) atoms. The summed E-state index contributed by atoms with van der Waals surface area (Å²) in [6.45, 7) is 3.30. The van der Waals surface area contributed by atoms with Crippen LogP contribution in [0.15, 0.2) is 28.1 Å². The Labute approximate surface area is 123 Å². The molecular weight excluding hydrogens is 330 g/mol. The van der Waals surface area contributed by atoms with Gasteiger partial charge in [0.1, 0.15) is 0 Å². The second kappa shape index (κ2) is 6.10. The average molecular weight is 344 g/mol.